The van der Waals surface area contributed by atoms with E-state index in [4.69, 9.17) is 0 Å². The van der Waals surface area contributed by atoms with Gasteiger partial charge in [-0.1, -0.05) is 42.5 Å². The van der Waals surface area contributed by atoms with Crippen LogP contribution in [0.1, 0.15) is 32.0 Å². The van der Waals surface area contributed by atoms with E-state index in [2.05, 4.69) is 15.6 Å². The van der Waals surface area contributed by atoms with Crippen LogP contribution in [0.5, 0.6) is 0 Å². The molecule has 0 aliphatic heterocycles. The fourth-order valence-electron chi connectivity index (χ4n) is 2.92. The molecule has 6 heteroatoms. The molecule has 2 amide bonds. The van der Waals surface area contributed by atoms with E-state index >= 15 is 0 Å². The number of carbonyl (C=O) groups is 2. The predicted molar refractivity (Wildman–Crippen MR) is 114 cm³/mol. The van der Waals surface area contributed by atoms with Crippen molar-refractivity contribution in [3.63, 3.8) is 0 Å². The Labute approximate surface area is 170 Å². The summed E-state index contributed by atoms with van der Waals surface area (Å²) in [5, 5.41) is 5.51. The summed E-state index contributed by atoms with van der Waals surface area (Å²) < 4.78 is 0. The highest BCUT2D eigenvalue weighted by molar-refractivity contribution is 5.94. The van der Waals surface area contributed by atoms with Crippen LogP contribution in [-0.4, -0.2) is 30.9 Å². The minimum atomic E-state index is -0.209. The van der Waals surface area contributed by atoms with Crippen molar-refractivity contribution in [2.24, 2.45) is 0 Å². The van der Waals surface area contributed by atoms with Gasteiger partial charge in [-0.2, -0.15) is 0 Å². The van der Waals surface area contributed by atoms with Gasteiger partial charge in [0.15, 0.2) is 0 Å². The van der Waals surface area contributed by atoms with Crippen LogP contribution < -0.4 is 15.5 Å². The molecule has 0 bridgehead atoms. The first-order valence-corrected chi connectivity index (χ1v) is 9.37. The van der Waals surface area contributed by atoms with E-state index in [1.165, 1.54) is 0 Å². The van der Waals surface area contributed by atoms with Crippen LogP contribution in [0.15, 0.2) is 72.9 Å². The average molecular weight is 388 g/mol. The van der Waals surface area contributed by atoms with Crippen LogP contribution in [-0.2, 0) is 13.1 Å². The van der Waals surface area contributed by atoms with E-state index in [1.807, 2.05) is 60.5 Å². The summed E-state index contributed by atoms with van der Waals surface area (Å²) in [5.41, 5.74) is 3.99. The lowest BCUT2D eigenvalue weighted by Crippen LogP contribution is -2.24. The molecule has 2 N–H and O–H groups in total. The molecule has 0 saturated heterocycles. The zero-order valence-corrected chi connectivity index (χ0v) is 16.6. The number of anilines is 1. The molecule has 1 aromatic heterocycles. The van der Waals surface area contributed by atoms with Gasteiger partial charge in [0.2, 0.25) is 0 Å². The molecule has 29 heavy (non-hydrogen) atoms. The van der Waals surface area contributed by atoms with Crippen molar-refractivity contribution >= 4 is 17.5 Å². The number of pyridine rings is 1. The molecule has 0 fully saturated rings. The third kappa shape index (κ3) is 5.42. The molecule has 2 aromatic carbocycles. The Hall–Kier alpha value is -3.67. The Morgan fingerprint density at radius 2 is 1.66 bits per heavy atom. The van der Waals surface area contributed by atoms with Gasteiger partial charge in [-0.25, -0.2) is 0 Å². The number of carbonyl (C=O) groups excluding carboxylic acids is 2. The van der Waals surface area contributed by atoms with Gasteiger partial charge in [-0.3, -0.25) is 14.6 Å². The fourth-order valence-corrected chi connectivity index (χ4v) is 2.92. The lowest BCUT2D eigenvalue weighted by molar-refractivity contribution is 0.0943. The summed E-state index contributed by atoms with van der Waals surface area (Å²) in [4.78, 5) is 30.3. The van der Waals surface area contributed by atoms with Crippen LogP contribution in [0.25, 0.3) is 0 Å². The summed E-state index contributed by atoms with van der Waals surface area (Å²) in [5.74, 6) is -0.316. The van der Waals surface area contributed by atoms with Gasteiger partial charge in [-0.15, -0.1) is 0 Å². The molecule has 1 heterocycles. The second-order valence-corrected chi connectivity index (χ2v) is 6.70. The minimum Gasteiger partial charge on any atom is -0.370 e. The zero-order chi connectivity index (χ0) is 20.6. The third-order valence-electron chi connectivity index (χ3n) is 4.58. The lowest BCUT2D eigenvalue weighted by Gasteiger charge is -2.20. The molecule has 3 rings (SSSR count). The van der Waals surface area contributed by atoms with Gasteiger partial charge in [0.1, 0.15) is 5.69 Å². The number of benzene rings is 2. The van der Waals surface area contributed by atoms with Gasteiger partial charge >= 0.3 is 0 Å². The van der Waals surface area contributed by atoms with Gasteiger partial charge < -0.3 is 15.5 Å². The molecule has 0 atom stereocenters. The highest BCUT2D eigenvalue weighted by atomic mass is 16.2. The first kappa shape index (κ1) is 20.1. The number of aromatic nitrogens is 1. The van der Waals surface area contributed by atoms with Crippen molar-refractivity contribution in [2.75, 3.05) is 19.0 Å². The standard InChI is InChI=1S/C23H24N4O2/c1-24-22(28)19-10-8-18(9-11-19)16-27(2)20-12-13-25-21(14-20)23(29)26-15-17-6-4-3-5-7-17/h3-14H,15-16H2,1-2H3,(H,24,28)(H,26,29). The molecular formula is C23H24N4O2. The predicted octanol–water partition coefficient (Wildman–Crippen LogP) is 3.01. The largest absolute Gasteiger partial charge is 0.370 e. The number of nitrogens with one attached hydrogen (secondary N) is 2. The van der Waals surface area contributed by atoms with Gasteiger partial charge in [-0.05, 0) is 35.4 Å². The molecule has 0 aliphatic carbocycles. The monoisotopic (exact) mass is 388 g/mol. The summed E-state index contributed by atoms with van der Waals surface area (Å²) in [7, 11) is 3.56. The summed E-state index contributed by atoms with van der Waals surface area (Å²) in [6.45, 7) is 1.10. The Bertz CT molecular complexity index is 972. The molecule has 148 valence electrons. The number of nitrogens with zero attached hydrogens (tertiary/aromatic N) is 2. The first-order chi connectivity index (χ1) is 14.1. The molecule has 3 aromatic rings. The van der Waals surface area contributed by atoms with Crippen molar-refractivity contribution in [3.05, 3.63) is 95.3 Å². The highest BCUT2D eigenvalue weighted by Gasteiger charge is 2.10. The van der Waals surface area contributed by atoms with Crippen molar-refractivity contribution in [1.29, 1.82) is 0 Å². The Morgan fingerprint density at radius 1 is 0.931 bits per heavy atom. The molecule has 0 saturated carbocycles. The van der Waals surface area contributed by atoms with E-state index in [0.717, 1.165) is 16.8 Å². The van der Waals surface area contributed by atoms with Crippen LogP contribution in [0, 0.1) is 0 Å². The van der Waals surface area contributed by atoms with Gasteiger partial charge in [0.25, 0.3) is 11.8 Å². The Kier molecular flexibility index (Phi) is 6.58. The average Bonchev–Trinajstić information content (AvgIpc) is 2.78. The smallest absolute Gasteiger partial charge is 0.270 e. The van der Waals surface area contributed by atoms with Crippen molar-refractivity contribution in [1.82, 2.24) is 15.6 Å². The van der Waals surface area contributed by atoms with E-state index in [9.17, 15) is 9.59 Å². The zero-order valence-electron chi connectivity index (χ0n) is 16.6. The van der Waals surface area contributed by atoms with Crippen molar-refractivity contribution < 1.29 is 9.59 Å². The molecule has 0 aliphatic rings. The van der Waals surface area contributed by atoms with Crippen LogP contribution >= 0.6 is 0 Å². The normalized spacial score (nSPS) is 10.3. The first-order valence-electron chi connectivity index (χ1n) is 9.37. The quantitative estimate of drug-likeness (QED) is 0.653. The van der Waals surface area contributed by atoms with Crippen LogP contribution in [0.3, 0.4) is 0 Å². The number of amides is 2. The Balaban J connectivity index is 1.63. The van der Waals surface area contributed by atoms with E-state index in [-0.39, 0.29) is 11.8 Å². The van der Waals surface area contributed by atoms with Crippen molar-refractivity contribution in [3.8, 4) is 0 Å². The summed E-state index contributed by atoms with van der Waals surface area (Å²) >= 11 is 0. The maximum absolute atomic E-state index is 12.5. The van der Waals surface area contributed by atoms with Crippen molar-refractivity contribution in [2.45, 2.75) is 13.1 Å². The maximum Gasteiger partial charge on any atom is 0.270 e. The Morgan fingerprint density at radius 3 is 2.34 bits per heavy atom. The van der Waals surface area contributed by atoms with Crippen LogP contribution in [0.2, 0.25) is 0 Å². The highest BCUT2D eigenvalue weighted by Crippen LogP contribution is 2.16. The van der Waals surface area contributed by atoms with E-state index in [0.29, 0.717) is 24.3 Å². The molecular weight excluding hydrogens is 364 g/mol. The second kappa shape index (κ2) is 9.50. The maximum atomic E-state index is 12.5. The van der Waals surface area contributed by atoms with Gasteiger partial charge in [0.05, 0.1) is 0 Å². The van der Waals surface area contributed by atoms with Crippen LogP contribution in [0.4, 0.5) is 5.69 Å². The van der Waals surface area contributed by atoms with Gasteiger partial charge in [0, 0.05) is 44.6 Å². The minimum absolute atomic E-state index is 0.106. The van der Waals surface area contributed by atoms with E-state index < -0.39 is 0 Å². The molecule has 6 nitrogen and oxygen atoms in total. The number of rotatable bonds is 7. The molecule has 0 spiro atoms. The lowest BCUT2D eigenvalue weighted by atomic mass is 10.1. The molecule has 0 unspecified atom stereocenters. The second-order valence-electron chi connectivity index (χ2n) is 6.70. The number of hydrogen-bond donors (Lipinski definition) is 2. The summed E-state index contributed by atoms with van der Waals surface area (Å²) in [6, 6.07) is 20.9. The summed E-state index contributed by atoms with van der Waals surface area (Å²) in [6.07, 6.45) is 1.64. The fraction of sp³-hybridized carbons (Fsp3) is 0.174. The number of hydrogen-bond acceptors (Lipinski definition) is 4. The molecule has 0 radical (unpaired) electrons. The van der Waals surface area contributed by atoms with E-state index in [1.54, 1.807) is 31.4 Å². The topological polar surface area (TPSA) is 74.3 Å². The third-order valence-corrected chi connectivity index (χ3v) is 4.58. The SMILES string of the molecule is CNC(=O)c1ccc(CN(C)c2ccnc(C(=O)NCc3ccccc3)c2)cc1.